The maximum Gasteiger partial charge on any atom is 0.226 e. The maximum absolute atomic E-state index is 9.31. The van der Waals surface area contributed by atoms with Gasteiger partial charge in [-0.1, -0.05) is 0 Å². The minimum atomic E-state index is -0.493. The molecule has 0 saturated heterocycles. The lowest BCUT2D eigenvalue weighted by Gasteiger charge is -2.24. The van der Waals surface area contributed by atoms with Gasteiger partial charge in [-0.25, -0.2) is 4.98 Å². The smallest absolute Gasteiger partial charge is 0.226 e. The van der Waals surface area contributed by atoms with Crippen LogP contribution in [0.3, 0.4) is 0 Å². The first-order valence-corrected chi connectivity index (χ1v) is 6.12. The van der Waals surface area contributed by atoms with Crippen molar-refractivity contribution in [2.24, 2.45) is 0 Å². The highest BCUT2D eigenvalue weighted by Crippen LogP contribution is 2.24. The van der Waals surface area contributed by atoms with E-state index in [4.69, 9.17) is 11.6 Å². The summed E-state index contributed by atoms with van der Waals surface area (Å²) in [6.45, 7) is 6.51. The highest BCUT2D eigenvalue weighted by atomic mass is 35.5. The van der Waals surface area contributed by atoms with Crippen LogP contribution in [0.2, 0.25) is 5.28 Å². The van der Waals surface area contributed by atoms with Crippen LogP contribution >= 0.6 is 11.6 Å². The molecule has 0 fully saturated rings. The summed E-state index contributed by atoms with van der Waals surface area (Å²) in [6, 6.07) is 0. The van der Waals surface area contributed by atoms with Gasteiger partial charge in [-0.2, -0.15) is 9.97 Å². The molecular weight excluding hydrogens is 254 g/mol. The van der Waals surface area contributed by atoms with Crippen molar-refractivity contribution >= 4 is 28.6 Å². The van der Waals surface area contributed by atoms with E-state index in [1.165, 1.54) is 0 Å². The van der Waals surface area contributed by atoms with E-state index in [1.807, 2.05) is 25.3 Å². The lowest BCUT2D eigenvalue weighted by atomic mass is 10.1. The molecular formula is C11H16ClN5O. The predicted molar refractivity (Wildman–Crippen MR) is 70.8 cm³/mol. The third-order valence-corrected chi connectivity index (χ3v) is 2.81. The fourth-order valence-electron chi connectivity index (χ4n) is 1.64. The molecule has 18 heavy (non-hydrogen) atoms. The Bertz CT molecular complexity index is 566. The Morgan fingerprint density at radius 2 is 2.17 bits per heavy atom. The molecule has 0 amide bonds. The minimum absolute atomic E-state index is 0.0175. The zero-order valence-corrected chi connectivity index (χ0v) is 11.4. The topological polar surface area (TPSA) is 75.9 Å². The number of hydrogen-bond acceptors (Lipinski definition) is 5. The maximum atomic E-state index is 9.31. The monoisotopic (exact) mass is 269 g/mol. The summed E-state index contributed by atoms with van der Waals surface area (Å²) < 4.78 is 1.93. The van der Waals surface area contributed by atoms with Crippen LogP contribution in [-0.2, 0) is 6.54 Å². The molecule has 98 valence electrons. The first-order valence-electron chi connectivity index (χ1n) is 5.74. The van der Waals surface area contributed by atoms with Gasteiger partial charge in [0.25, 0.3) is 0 Å². The number of aliphatic hydroxyl groups excluding tert-OH is 1. The van der Waals surface area contributed by atoms with E-state index in [1.54, 1.807) is 6.33 Å². The molecule has 2 heterocycles. The quantitative estimate of drug-likeness (QED) is 0.826. The number of hydrogen-bond donors (Lipinski definition) is 2. The number of fused-ring (bicyclic) bond motifs is 1. The summed E-state index contributed by atoms with van der Waals surface area (Å²) in [5.41, 5.74) is 0.851. The molecule has 2 rings (SSSR count). The molecule has 0 bridgehead atoms. The third-order valence-electron chi connectivity index (χ3n) is 2.64. The van der Waals surface area contributed by atoms with E-state index in [-0.39, 0.29) is 11.9 Å². The van der Waals surface area contributed by atoms with Gasteiger partial charge in [0.05, 0.1) is 18.5 Å². The number of halogens is 1. The van der Waals surface area contributed by atoms with Gasteiger partial charge < -0.3 is 15.0 Å². The Morgan fingerprint density at radius 3 is 2.78 bits per heavy atom. The van der Waals surface area contributed by atoms with Gasteiger partial charge in [0.2, 0.25) is 5.28 Å². The molecule has 2 aromatic heterocycles. The van der Waals surface area contributed by atoms with Gasteiger partial charge in [0.1, 0.15) is 5.52 Å². The average molecular weight is 270 g/mol. The molecule has 0 spiro atoms. The normalized spacial score (nSPS) is 12.1. The third kappa shape index (κ3) is 2.39. The molecule has 0 aliphatic carbocycles. The van der Waals surface area contributed by atoms with Crippen molar-refractivity contribution in [1.82, 2.24) is 19.5 Å². The number of aliphatic hydroxyl groups is 1. The Labute approximate surface area is 110 Å². The first-order chi connectivity index (χ1) is 8.46. The summed E-state index contributed by atoms with van der Waals surface area (Å²) in [7, 11) is 0. The molecule has 0 aliphatic rings. The summed E-state index contributed by atoms with van der Waals surface area (Å²) in [5, 5.41) is 12.6. The van der Waals surface area contributed by atoms with E-state index >= 15 is 0 Å². The van der Waals surface area contributed by atoms with Crippen molar-refractivity contribution in [2.75, 3.05) is 11.9 Å². The summed E-state index contributed by atoms with van der Waals surface area (Å²) in [5.74, 6) is 0.586. The van der Waals surface area contributed by atoms with Crippen molar-refractivity contribution < 1.29 is 5.11 Å². The first kappa shape index (κ1) is 13.0. The van der Waals surface area contributed by atoms with Crippen LogP contribution < -0.4 is 5.32 Å². The highest BCUT2D eigenvalue weighted by molar-refractivity contribution is 6.28. The Balaban J connectivity index is 2.57. The van der Waals surface area contributed by atoms with Gasteiger partial charge >= 0.3 is 0 Å². The van der Waals surface area contributed by atoms with Gasteiger partial charge in [0.15, 0.2) is 11.5 Å². The van der Waals surface area contributed by atoms with Crippen LogP contribution in [0.4, 0.5) is 5.82 Å². The van der Waals surface area contributed by atoms with Gasteiger partial charge in [-0.05, 0) is 32.4 Å². The van der Waals surface area contributed by atoms with E-state index < -0.39 is 5.54 Å². The summed E-state index contributed by atoms with van der Waals surface area (Å²) in [6.07, 6.45) is 1.70. The van der Waals surface area contributed by atoms with Gasteiger partial charge in [0, 0.05) is 6.54 Å². The number of aromatic nitrogens is 4. The Kier molecular flexibility index (Phi) is 3.41. The van der Waals surface area contributed by atoms with E-state index in [2.05, 4.69) is 20.3 Å². The van der Waals surface area contributed by atoms with Crippen molar-refractivity contribution in [2.45, 2.75) is 32.9 Å². The second kappa shape index (κ2) is 4.70. The SMILES string of the molecule is CCn1cnc2nc(Cl)nc(NC(C)(C)CO)c21. The van der Waals surface area contributed by atoms with Crippen LogP contribution in [0.1, 0.15) is 20.8 Å². The Morgan fingerprint density at radius 1 is 1.44 bits per heavy atom. The van der Waals surface area contributed by atoms with Crippen LogP contribution in [0.25, 0.3) is 11.2 Å². The fraction of sp³-hybridized carbons (Fsp3) is 0.545. The van der Waals surface area contributed by atoms with E-state index in [9.17, 15) is 5.11 Å². The molecule has 2 aromatic rings. The van der Waals surface area contributed by atoms with Gasteiger partial charge in [-0.15, -0.1) is 0 Å². The summed E-state index contributed by atoms with van der Waals surface area (Å²) in [4.78, 5) is 12.5. The zero-order chi connectivity index (χ0) is 13.3. The zero-order valence-electron chi connectivity index (χ0n) is 10.6. The molecule has 6 nitrogen and oxygen atoms in total. The number of anilines is 1. The average Bonchev–Trinajstić information content (AvgIpc) is 2.71. The largest absolute Gasteiger partial charge is 0.394 e. The van der Waals surface area contributed by atoms with E-state index in [0.29, 0.717) is 11.5 Å². The molecule has 0 aliphatic heterocycles. The number of nitrogens with one attached hydrogen (secondary N) is 1. The molecule has 7 heteroatoms. The van der Waals surface area contributed by atoms with Crippen molar-refractivity contribution in [3.05, 3.63) is 11.6 Å². The standard InChI is InChI=1S/C11H16ClN5O/c1-4-17-6-13-8-7(17)9(15-10(12)14-8)16-11(2,3)5-18/h6,18H,4-5H2,1-3H3,(H,14,15,16). The van der Waals surface area contributed by atoms with Crippen LogP contribution in [0.15, 0.2) is 6.33 Å². The predicted octanol–water partition coefficient (Wildman–Crippen LogP) is 1.68. The van der Waals surface area contributed by atoms with Crippen LogP contribution in [0.5, 0.6) is 0 Å². The van der Waals surface area contributed by atoms with Crippen molar-refractivity contribution in [3.63, 3.8) is 0 Å². The second-order valence-electron chi connectivity index (χ2n) is 4.71. The molecule has 0 saturated carbocycles. The van der Waals surface area contributed by atoms with Crippen molar-refractivity contribution in [3.8, 4) is 0 Å². The molecule has 0 radical (unpaired) electrons. The van der Waals surface area contributed by atoms with E-state index in [0.717, 1.165) is 12.1 Å². The lowest BCUT2D eigenvalue weighted by Crippen LogP contribution is -2.35. The second-order valence-corrected chi connectivity index (χ2v) is 5.05. The molecule has 0 unspecified atom stereocenters. The molecule has 0 atom stereocenters. The van der Waals surface area contributed by atoms with Crippen LogP contribution in [-0.4, -0.2) is 36.8 Å². The number of imidazole rings is 1. The number of rotatable bonds is 4. The van der Waals surface area contributed by atoms with Crippen LogP contribution in [0, 0.1) is 0 Å². The lowest BCUT2D eigenvalue weighted by molar-refractivity contribution is 0.234. The van der Waals surface area contributed by atoms with Gasteiger partial charge in [-0.3, -0.25) is 0 Å². The minimum Gasteiger partial charge on any atom is -0.394 e. The Hall–Kier alpha value is -1.40. The highest BCUT2D eigenvalue weighted by Gasteiger charge is 2.20. The number of nitrogens with zero attached hydrogens (tertiary/aromatic N) is 4. The number of aryl methyl sites for hydroxylation is 1. The van der Waals surface area contributed by atoms with Crippen molar-refractivity contribution in [1.29, 1.82) is 0 Å². The molecule has 0 aromatic carbocycles. The fourth-order valence-corrected chi connectivity index (χ4v) is 1.80. The summed E-state index contributed by atoms with van der Waals surface area (Å²) >= 11 is 5.87. The molecule has 2 N–H and O–H groups in total.